The highest BCUT2D eigenvalue weighted by molar-refractivity contribution is 6.31. The minimum atomic E-state index is -0.323. The minimum Gasteiger partial charge on any atom is -0.481 e. The number of carbonyl (C=O) groups is 1. The van der Waals surface area contributed by atoms with Gasteiger partial charge in [-0.3, -0.25) is 9.69 Å². The Morgan fingerprint density at radius 3 is 2.55 bits per heavy atom. The number of rotatable bonds is 3. The molecular weight excluding hydrogens is 395 g/mol. The zero-order valence-corrected chi connectivity index (χ0v) is 16.9. The largest absolute Gasteiger partial charge is 0.481 e. The summed E-state index contributed by atoms with van der Waals surface area (Å²) in [5, 5.41) is 0.360. The van der Waals surface area contributed by atoms with E-state index in [4.69, 9.17) is 16.3 Å². The molecule has 0 N–H and O–H groups in total. The van der Waals surface area contributed by atoms with Crippen LogP contribution in [0.15, 0.2) is 42.6 Å². The Balaban J connectivity index is 1.87. The molecule has 4 rings (SSSR count). The summed E-state index contributed by atoms with van der Waals surface area (Å²) in [6.45, 7) is 3.82. The lowest BCUT2D eigenvalue weighted by atomic mass is 10.1. The van der Waals surface area contributed by atoms with E-state index in [2.05, 4.69) is 9.97 Å². The summed E-state index contributed by atoms with van der Waals surface area (Å²) in [6.07, 6.45) is 1.50. The average Bonchev–Trinajstić information content (AvgIpc) is 2.69. The van der Waals surface area contributed by atoms with Crippen molar-refractivity contribution in [2.75, 3.05) is 23.6 Å². The molecule has 0 aliphatic carbocycles. The number of halogens is 2. The van der Waals surface area contributed by atoms with Crippen molar-refractivity contribution in [3.63, 3.8) is 0 Å². The van der Waals surface area contributed by atoms with Gasteiger partial charge < -0.3 is 9.64 Å². The molecule has 3 heterocycles. The number of ether oxygens (including phenoxy) is 1. The van der Waals surface area contributed by atoms with Crippen LogP contribution in [-0.2, 0) is 0 Å². The molecule has 1 aromatic carbocycles. The van der Waals surface area contributed by atoms with E-state index < -0.39 is 0 Å². The summed E-state index contributed by atoms with van der Waals surface area (Å²) in [5.74, 6) is 0.383. The Morgan fingerprint density at radius 2 is 1.86 bits per heavy atom. The van der Waals surface area contributed by atoms with Crippen molar-refractivity contribution < 1.29 is 13.9 Å². The Labute approximate surface area is 172 Å². The van der Waals surface area contributed by atoms with Crippen LogP contribution in [0.25, 0.3) is 0 Å². The predicted molar refractivity (Wildman–Crippen MR) is 110 cm³/mol. The van der Waals surface area contributed by atoms with E-state index in [9.17, 15) is 9.18 Å². The van der Waals surface area contributed by atoms with Gasteiger partial charge in [0.25, 0.3) is 5.91 Å². The molecule has 1 aliphatic heterocycles. The summed E-state index contributed by atoms with van der Waals surface area (Å²) in [4.78, 5) is 25.5. The summed E-state index contributed by atoms with van der Waals surface area (Å²) < 4.78 is 18.8. The number of hydrogen-bond donors (Lipinski definition) is 0. The predicted octanol–water partition coefficient (Wildman–Crippen LogP) is 4.65. The molecule has 0 saturated heterocycles. The van der Waals surface area contributed by atoms with E-state index in [1.54, 1.807) is 29.2 Å². The van der Waals surface area contributed by atoms with Gasteiger partial charge in [-0.15, -0.1) is 0 Å². The highest BCUT2D eigenvalue weighted by Crippen LogP contribution is 2.37. The molecule has 2 aromatic heterocycles. The quantitative estimate of drug-likeness (QED) is 0.626. The van der Waals surface area contributed by atoms with Gasteiger partial charge in [0.1, 0.15) is 18.3 Å². The van der Waals surface area contributed by atoms with Crippen LogP contribution in [0.5, 0.6) is 5.88 Å². The van der Waals surface area contributed by atoms with Crippen LogP contribution in [0.4, 0.5) is 21.6 Å². The molecule has 0 fully saturated rings. The maximum absolute atomic E-state index is 13.7. The number of benzene rings is 1. The molecule has 1 amide bonds. The van der Waals surface area contributed by atoms with Crippen molar-refractivity contribution in [1.82, 2.24) is 9.97 Å². The summed E-state index contributed by atoms with van der Waals surface area (Å²) in [5.41, 5.74) is 3.13. The first-order valence-electron chi connectivity index (χ1n) is 8.92. The van der Waals surface area contributed by atoms with Crippen molar-refractivity contribution in [1.29, 1.82) is 0 Å². The first-order valence-corrected chi connectivity index (χ1v) is 9.29. The van der Waals surface area contributed by atoms with E-state index in [1.807, 2.05) is 18.7 Å². The third kappa shape index (κ3) is 3.38. The smallest absolute Gasteiger partial charge is 0.263 e. The lowest BCUT2D eigenvalue weighted by molar-refractivity contribution is 0.0982. The Bertz CT molecular complexity index is 1120. The number of pyridine rings is 2. The second-order valence-corrected chi connectivity index (χ2v) is 7.15. The average molecular weight is 413 g/mol. The van der Waals surface area contributed by atoms with Crippen molar-refractivity contribution in [2.45, 2.75) is 13.8 Å². The van der Waals surface area contributed by atoms with Crippen molar-refractivity contribution >= 4 is 34.7 Å². The Morgan fingerprint density at radius 1 is 1.10 bits per heavy atom. The molecule has 0 bridgehead atoms. The molecule has 29 heavy (non-hydrogen) atoms. The van der Waals surface area contributed by atoms with Gasteiger partial charge in [-0.2, -0.15) is 0 Å². The fraction of sp³-hybridized carbons (Fsp3) is 0.190. The number of anilines is 3. The lowest BCUT2D eigenvalue weighted by Gasteiger charge is -2.38. The second-order valence-electron chi connectivity index (χ2n) is 6.72. The molecule has 0 saturated carbocycles. The normalized spacial score (nSPS) is 13.5. The van der Waals surface area contributed by atoms with Crippen molar-refractivity contribution in [3.8, 4) is 5.88 Å². The number of methoxy groups -OCH3 is 1. The Kier molecular flexibility index (Phi) is 4.84. The summed E-state index contributed by atoms with van der Waals surface area (Å²) >= 11 is 6.12. The first-order chi connectivity index (χ1) is 13.9. The maximum atomic E-state index is 13.7. The highest BCUT2D eigenvalue weighted by Gasteiger charge is 2.34. The Hall–Kier alpha value is -3.19. The van der Waals surface area contributed by atoms with Crippen LogP contribution in [-0.4, -0.2) is 29.7 Å². The monoisotopic (exact) mass is 412 g/mol. The fourth-order valence-electron chi connectivity index (χ4n) is 3.45. The van der Waals surface area contributed by atoms with E-state index in [0.29, 0.717) is 33.7 Å². The third-order valence-corrected chi connectivity index (χ3v) is 5.04. The van der Waals surface area contributed by atoms with E-state index in [-0.39, 0.29) is 18.4 Å². The fourth-order valence-corrected chi connectivity index (χ4v) is 3.61. The molecule has 6 nitrogen and oxygen atoms in total. The van der Waals surface area contributed by atoms with Gasteiger partial charge in [0.2, 0.25) is 5.88 Å². The van der Waals surface area contributed by atoms with Gasteiger partial charge in [0.05, 0.1) is 29.1 Å². The van der Waals surface area contributed by atoms with E-state index >= 15 is 0 Å². The molecule has 0 radical (unpaired) electrons. The van der Waals surface area contributed by atoms with E-state index in [1.165, 1.54) is 25.4 Å². The summed E-state index contributed by atoms with van der Waals surface area (Å²) in [7, 11) is 1.54. The van der Waals surface area contributed by atoms with Gasteiger partial charge in [-0.25, -0.2) is 14.4 Å². The maximum Gasteiger partial charge on any atom is 0.263 e. The molecule has 148 valence electrons. The van der Waals surface area contributed by atoms with Crippen LogP contribution in [0.1, 0.15) is 21.6 Å². The van der Waals surface area contributed by atoms with Gasteiger partial charge in [0.15, 0.2) is 0 Å². The first kappa shape index (κ1) is 19.1. The van der Waals surface area contributed by atoms with Crippen LogP contribution in [0, 0.1) is 19.7 Å². The SMILES string of the molecule is COc1ccc(N2CN(c3ccc(F)cc3C)c3ncc(Cl)cc3C2=O)c(C)n1. The topological polar surface area (TPSA) is 58.6 Å². The van der Waals surface area contributed by atoms with Crippen molar-refractivity contribution in [2.24, 2.45) is 0 Å². The minimum absolute atomic E-state index is 0.196. The van der Waals surface area contributed by atoms with E-state index in [0.717, 1.165) is 11.3 Å². The number of carbonyl (C=O) groups excluding carboxylic acids is 1. The van der Waals surface area contributed by atoms with Gasteiger partial charge in [0, 0.05) is 18.0 Å². The number of aryl methyl sites for hydroxylation is 2. The molecule has 0 unspecified atom stereocenters. The van der Waals surface area contributed by atoms with Crippen LogP contribution in [0.2, 0.25) is 5.02 Å². The zero-order chi connectivity index (χ0) is 20.7. The molecule has 1 aliphatic rings. The van der Waals surface area contributed by atoms with Gasteiger partial charge >= 0.3 is 0 Å². The number of nitrogens with zero attached hydrogens (tertiary/aromatic N) is 4. The standard InChI is InChI=1S/C21H18ClFN4O2/c1-12-8-15(23)4-5-17(12)26-11-27(18-6-7-19(29-3)25-13(18)2)21(28)16-9-14(22)10-24-20(16)26/h4-10H,11H2,1-3H3. The number of fused-ring (bicyclic) bond motifs is 1. The van der Waals surface area contributed by atoms with Gasteiger partial charge in [-0.1, -0.05) is 11.6 Å². The molecular formula is C21H18ClFN4O2. The second kappa shape index (κ2) is 7.33. The molecule has 3 aromatic rings. The highest BCUT2D eigenvalue weighted by atomic mass is 35.5. The van der Waals surface area contributed by atoms with Crippen LogP contribution in [0.3, 0.4) is 0 Å². The van der Waals surface area contributed by atoms with Crippen molar-refractivity contribution in [3.05, 3.63) is 70.3 Å². The zero-order valence-electron chi connectivity index (χ0n) is 16.1. The number of amides is 1. The molecule has 0 spiro atoms. The lowest BCUT2D eigenvalue weighted by Crippen LogP contribution is -2.46. The van der Waals surface area contributed by atoms with Crippen LogP contribution >= 0.6 is 11.6 Å². The number of aromatic nitrogens is 2. The van der Waals surface area contributed by atoms with Crippen LogP contribution < -0.4 is 14.5 Å². The summed E-state index contributed by atoms with van der Waals surface area (Å²) in [6, 6.07) is 9.60. The molecule has 8 heteroatoms. The number of hydrogen-bond acceptors (Lipinski definition) is 5. The third-order valence-electron chi connectivity index (χ3n) is 4.83. The molecule has 0 atom stereocenters. The van der Waals surface area contributed by atoms with Gasteiger partial charge in [-0.05, 0) is 49.7 Å².